The van der Waals surface area contributed by atoms with Crippen molar-refractivity contribution in [1.29, 1.82) is 0 Å². The average Bonchev–Trinajstić information content (AvgIpc) is 2.84. The summed E-state index contributed by atoms with van der Waals surface area (Å²) in [5.41, 5.74) is 2.51. The van der Waals surface area contributed by atoms with Crippen LogP contribution in [0.15, 0.2) is 71.5 Å². The summed E-state index contributed by atoms with van der Waals surface area (Å²) in [4.78, 5) is 29.0. The third kappa shape index (κ3) is 4.77. The first-order valence-electron chi connectivity index (χ1n) is 10.4. The Balaban J connectivity index is 1.35. The molecule has 0 saturated carbocycles. The number of aromatic nitrogens is 2. The van der Waals surface area contributed by atoms with Gasteiger partial charge in [-0.2, -0.15) is 5.10 Å². The first kappa shape index (κ1) is 20.7. The minimum absolute atomic E-state index is 0.0403. The van der Waals surface area contributed by atoms with Crippen LogP contribution in [0.4, 0.5) is 5.69 Å². The molecular formula is C24H26N4O3. The molecule has 7 nitrogen and oxygen atoms in total. The molecule has 1 fully saturated rings. The van der Waals surface area contributed by atoms with E-state index in [1.165, 1.54) is 10.7 Å². The number of anilines is 1. The van der Waals surface area contributed by atoms with E-state index in [1.807, 2.05) is 59.5 Å². The first-order chi connectivity index (χ1) is 15.2. The Morgan fingerprint density at radius 2 is 1.65 bits per heavy atom. The Labute approximate surface area is 181 Å². The summed E-state index contributed by atoms with van der Waals surface area (Å²) in [5, 5.41) is 4.44. The van der Waals surface area contributed by atoms with E-state index >= 15 is 0 Å². The van der Waals surface area contributed by atoms with E-state index in [9.17, 15) is 9.59 Å². The molecule has 0 atom stereocenters. The smallest absolute Gasteiger partial charge is 0.266 e. The van der Waals surface area contributed by atoms with Crippen LogP contribution in [-0.2, 0) is 11.3 Å². The van der Waals surface area contributed by atoms with Gasteiger partial charge in [0, 0.05) is 44.2 Å². The van der Waals surface area contributed by atoms with Crippen molar-refractivity contribution in [3.8, 4) is 17.0 Å². The molecule has 0 N–H and O–H groups in total. The highest BCUT2D eigenvalue weighted by molar-refractivity contribution is 5.76. The predicted molar refractivity (Wildman–Crippen MR) is 120 cm³/mol. The summed E-state index contributed by atoms with van der Waals surface area (Å²) in [6.45, 7) is 3.04. The van der Waals surface area contributed by atoms with E-state index in [0.717, 1.165) is 35.8 Å². The van der Waals surface area contributed by atoms with E-state index in [1.54, 1.807) is 13.2 Å². The molecule has 7 heteroatoms. The number of hydrogen-bond donors (Lipinski definition) is 0. The molecule has 1 aliphatic rings. The molecule has 31 heavy (non-hydrogen) atoms. The summed E-state index contributed by atoms with van der Waals surface area (Å²) in [6.07, 6.45) is 0.250. The number of carbonyl (C=O) groups excluding carboxylic acids is 1. The average molecular weight is 418 g/mol. The van der Waals surface area contributed by atoms with Gasteiger partial charge in [0.1, 0.15) is 5.75 Å². The monoisotopic (exact) mass is 418 g/mol. The van der Waals surface area contributed by atoms with Gasteiger partial charge in [-0.1, -0.05) is 42.5 Å². The first-order valence-corrected chi connectivity index (χ1v) is 10.4. The van der Waals surface area contributed by atoms with Gasteiger partial charge in [-0.3, -0.25) is 9.59 Å². The Morgan fingerprint density at radius 3 is 2.39 bits per heavy atom. The lowest BCUT2D eigenvalue weighted by Crippen LogP contribution is -2.49. The number of piperazine rings is 1. The maximum Gasteiger partial charge on any atom is 0.266 e. The molecule has 0 aliphatic carbocycles. The summed E-state index contributed by atoms with van der Waals surface area (Å²) >= 11 is 0. The van der Waals surface area contributed by atoms with Crippen LogP contribution in [0.2, 0.25) is 0 Å². The minimum Gasteiger partial charge on any atom is -0.495 e. The number of amides is 1. The van der Waals surface area contributed by atoms with Gasteiger partial charge in [-0.15, -0.1) is 0 Å². The lowest BCUT2D eigenvalue weighted by Gasteiger charge is -2.36. The number of carbonyl (C=O) groups is 1. The van der Waals surface area contributed by atoms with Crippen LogP contribution >= 0.6 is 0 Å². The van der Waals surface area contributed by atoms with Crippen LogP contribution < -0.4 is 15.2 Å². The lowest BCUT2D eigenvalue weighted by atomic mass is 10.1. The Hall–Kier alpha value is -3.61. The van der Waals surface area contributed by atoms with Crippen LogP contribution in [0.25, 0.3) is 11.3 Å². The Bertz CT molecular complexity index is 1090. The van der Waals surface area contributed by atoms with Crippen LogP contribution in [0.3, 0.4) is 0 Å². The highest BCUT2D eigenvalue weighted by Gasteiger charge is 2.22. The van der Waals surface area contributed by atoms with Crippen LogP contribution in [-0.4, -0.2) is 53.9 Å². The fraction of sp³-hybridized carbons (Fsp3) is 0.292. The molecule has 2 aromatic carbocycles. The Kier molecular flexibility index (Phi) is 6.31. The van der Waals surface area contributed by atoms with Gasteiger partial charge < -0.3 is 14.5 Å². The predicted octanol–water partition coefficient (Wildman–Crippen LogP) is 2.66. The van der Waals surface area contributed by atoms with Crippen molar-refractivity contribution < 1.29 is 9.53 Å². The second kappa shape index (κ2) is 9.47. The molecule has 1 saturated heterocycles. The van der Waals surface area contributed by atoms with Gasteiger partial charge in [0.15, 0.2) is 0 Å². The molecule has 0 bridgehead atoms. The zero-order valence-electron chi connectivity index (χ0n) is 17.6. The number of ether oxygens (including phenoxy) is 1. The van der Waals surface area contributed by atoms with Crippen LogP contribution in [0, 0.1) is 0 Å². The van der Waals surface area contributed by atoms with Gasteiger partial charge >= 0.3 is 0 Å². The topological polar surface area (TPSA) is 67.7 Å². The molecular weight excluding hydrogens is 392 g/mol. The van der Waals surface area contributed by atoms with Gasteiger partial charge in [0.25, 0.3) is 5.56 Å². The van der Waals surface area contributed by atoms with E-state index in [0.29, 0.717) is 13.1 Å². The molecule has 3 aromatic rings. The normalized spacial score (nSPS) is 13.8. The number of para-hydroxylation sites is 2. The van der Waals surface area contributed by atoms with Crippen LogP contribution in [0.1, 0.15) is 6.42 Å². The van der Waals surface area contributed by atoms with Crippen molar-refractivity contribution in [3.05, 3.63) is 77.1 Å². The Morgan fingerprint density at radius 1 is 0.935 bits per heavy atom. The van der Waals surface area contributed by atoms with Crippen LogP contribution in [0.5, 0.6) is 5.75 Å². The SMILES string of the molecule is COc1ccccc1N1CCN(C(=O)CCn2nc(-c3ccccc3)ccc2=O)CC1. The van der Waals surface area contributed by atoms with E-state index in [2.05, 4.69) is 10.00 Å². The number of benzene rings is 2. The largest absolute Gasteiger partial charge is 0.495 e. The van der Waals surface area contributed by atoms with Crippen molar-refractivity contribution in [1.82, 2.24) is 14.7 Å². The summed E-state index contributed by atoms with van der Waals surface area (Å²) < 4.78 is 6.83. The van der Waals surface area contributed by atoms with Crippen molar-refractivity contribution in [3.63, 3.8) is 0 Å². The molecule has 160 valence electrons. The van der Waals surface area contributed by atoms with Gasteiger partial charge in [0.05, 0.1) is 25.0 Å². The second-order valence-electron chi connectivity index (χ2n) is 7.44. The fourth-order valence-electron chi connectivity index (χ4n) is 3.82. The maximum atomic E-state index is 12.7. The number of nitrogens with zero attached hydrogens (tertiary/aromatic N) is 4. The molecule has 1 aliphatic heterocycles. The number of aryl methyl sites for hydroxylation is 1. The zero-order chi connectivity index (χ0) is 21.6. The summed E-state index contributed by atoms with van der Waals surface area (Å²) in [7, 11) is 1.67. The number of methoxy groups -OCH3 is 1. The highest BCUT2D eigenvalue weighted by Crippen LogP contribution is 2.28. The van der Waals surface area contributed by atoms with Crippen molar-refractivity contribution in [2.75, 3.05) is 38.2 Å². The molecule has 2 heterocycles. The van der Waals surface area contributed by atoms with E-state index < -0.39 is 0 Å². The molecule has 0 spiro atoms. The highest BCUT2D eigenvalue weighted by atomic mass is 16.5. The molecule has 1 amide bonds. The lowest BCUT2D eigenvalue weighted by molar-refractivity contribution is -0.131. The zero-order valence-corrected chi connectivity index (χ0v) is 17.6. The standard InChI is InChI=1S/C24H26N4O3/c1-31-22-10-6-5-9-21(22)26-15-17-27(18-16-26)23(29)13-14-28-24(30)12-11-20(25-28)19-7-3-2-4-8-19/h2-12H,13-18H2,1H3. The molecule has 0 unspecified atom stereocenters. The second-order valence-corrected chi connectivity index (χ2v) is 7.44. The molecule has 0 radical (unpaired) electrons. The van der Waals surface area contributed by atoms with Crippen molar-refractivity contribution in [2.24, 2.45) is 0 Å². The van der Waals surface area contributed by atoms with Crippen molar-refractivity contribution >= 4 is 11.6 Å². The summed E-state index contributed by atoms with van der Waals surface area (Å²) in [6, 6.07) is 20.8. The molecule has 4 rings (SSSR count). The third-order valence-corrected chi connectivity index (χ3v) is 5.53. The van der Waals surface area contributed by atoms with Gasteiger partial charge in [-0.05, 0) is 18.2 Å². The van der Waals surface area contributed by atoms with Crippen molar-refractivity contribution in [2.45, 2.75) is 13.0 Å². The van der Waals surface area contributed by atoms with Gasteiger partial charge in [-0.25, -0.2) is 4.68 Å². The van der Waals surface area contributed by atoms with E-state index in [4.69, 9.17) is 4.74 Å². The molecule has 1 aromatic heterocycles. The van der Waals surface area contributed by atoms with E-state index in [-0.39, 0.29) is 24.4 Å². The van der Waals surface area contributed by atoms with Gasteiger partial charge in [0.2, 0.25) is 5.91 Å². The number of rotatable bonds is 6. The minimum atomic E-state index is -0.200. The maximum absolute atomic E-state index is 12.7. The third-order valence-electron chi connectivity index (χ3n) is 5.53. The quantitative estimate of drug-likeness (QED) is 0.616. The number of hydrogen-bond acceptors (Lipinski definition) is 5. The summed E-state index contributed by atoms with van der Waals surface area (Å²) in [5.74, 6) is 0.879. The fourth-order valence-corrected chi connectivity index (χ4v) is 3.82.